The third kappa shape index (κ3) is 9.44. The minimum Gasteiger partial charge on any atom is -0.399 e. The maximum atomic E-state index is 12.2. The second-order valence-corrected chi connectivity index (χ2v) is 15.5. The van der Waals surface area contributed by atoms with E-state index in [9.17, 15) is 34.6 Å². The molecule has 290 valence electrons. The second kappa shape index (κ2) is 18.0. The Hall–Kier alpha value is -4.85. The van der Waals surface area contributed by atoms with Gasteiger partial charge in [-0.05, 0) is 126 Å². The number of benzene rings is 3. The standard InChI is InChI=1S/C13H14N2O3.C13H16N2O.C7H11NO.C6H4BrNO2.CH4.H2/c16-13-9-1-3-10(4-2-9)14(13)11-5-7-12(8-6-11)15(17)18;14-10-3-7-12(8-4-10)15-11-5-1-9(2-6-11)13(15)16;9-7-5-1-3-6(8-7)4-2-5;7-5-1-3-6(4-2-5)8(9)10;;/h5-10H,1-4H2;3-4,7-9,11H,1-2,5-6,14H2;5-6H,1-4H2,(H,8,9);1-4H;1H4;1H. The maximum Gasteiger partial charge on any atom is 0.269 e. The Labute approximate surface area is 325 Å². The number of rotatable bonds is 4. The number of nitrogens with zero attached hydrogens (tertiary/aromatic N) is 4. The van der Waals surface area contributed by atoms with Gasteiger partial charge in [0.05, 0.1) is 9.85 Å². The molecule has 0 spiro atoms. The van der Waals surface area contributed by atoms with Gasteiger partial charge in [0.1, 0.15) is 0 Å². The summed E-state index contributed by atoms with van der Waals surface area (Å²) in [5.74, 6) is 1.60. The third-order valence-corrected chi connectivity index (χ3v) is 11.8. The van der Waals surface area contributed by atoms with E-state index in [-0.39, 0.29) is 44.0 Å². The fourth-order valence-corrected chi connectivity index (χ4v) is 8.61. The lowest BCUT2D eigenvalue weighted by molar-refractivity contribution is -0.385. The molecule has 6 bridgehead atoms. The number of hydrogen-bond acceptors (Lipinski definition) is 8. The Morgan fingerprint density at radius 1 is 0.593 bits per heavy atom. The number of nitro benzene ring substituents is 2. The molecule has 3 aromatic carbocycles. The van der Waals surface area contributed by atoms with Crippen molar-refractivity contribution in [3.8, 4) is 0 Å². The van der Waals surface area contributed by atoms with Gasteiger partial charge in [-0.1, -0.05) is 23.4 Å². The highest BCUT2D eigenvalue weighted by Gasteiger charge is 2.42. The van der Waals surface area contributed by atoms with Gasteiger partial charge in [-0.15, -0.1) is 0 Å². The molecule has 0 aromatic heterocycles. The average molecular weight is 808 g/mol. The summed E-state index contributed by atoms with van der Waals surface area (Å²) in [7, 11) is 0. The van der Waals surface area contributed by atoms with E-state index in [1.807, 2.05) is 34.1 Å². The molecular weight excluding hydrogens is 756 g/mol. The Morgan fingerprint density at radius 3 is 1.28 bits per heavy atom. The van der Waals surface area contributed by atoms with Crippen molar-refractivity contribution >= 4 is 62.1 Å². The summed E-state index contributed by atoms with van der Waals surface area (Å²) in [6.07, 6.45) is 13.3. The van der Waals surface area contributed by atoms with Crippen molar-refractivity contribution in [1.82, 2.24) is 5.32 Å². The van der Waals surface area contributed by atoms with E-state index in [1.54, 1.807) is 24.3 Å². The lowest BCUT2D eigenvalue weighted by Gasteiger charge is -2.44. The number of halogens is 1. The van der Waals surface area contributed by atoms with Crippen LogP contribution in [0.15, 0.2) is 77.3 Å². The zero-order chi connectivity index (χ0) is 37.6. The zero-order valence-corrected chi connectivity index (χ0v) is 31.1. The summed E-state index contributed by atoms with van der Waals surface area (Å²) in [5.41, 5.74) is 8.39. The number of anilines is 3. The Kier molecular flexibility index (Phi) is 13.4. The van der Waals surface area contributed by atoms with Crippen LogP contribution < -0.4 is 20.9 Å². The first-order chi connectivity index (χ1) is 25.5. The van der Waals surface area contributed by atoms with Crippen LogP contribution in [0.5, 0.6) is 0 Å². The van der Waals surface area contributed by atoms with Gasteiger partial charge >= 0.3 is 0 Å². The van der Waals surface area contributed by atoms with Gasteiger partial charge in [-0.3, -0.25) is 34.6 Å². The zero-order valence-electron chi connectivity index (χ0n) is 29.5. The molecule has 9 fully saturated rings. The van der Waals surface area contributed by atoms with Crippen LogP contribution >= 0.6 is 15.9 Å². The number of nitrogens with two attached hydrogens (primary N) is 1. The van der Waals surface area contributed by atoms with Crippen LogP contribution in [0.3, 0.4) is 0 Å². The largest absolute Gasteiger partial charge is 0.399 e. The molecule has 3 aliphatic carbocycles. The molecular formula is C40H51BrN6O7. The van der Waals surface area contributed by atoms with Crippen molar-refractivity contribution in [1.29, 1.82) is 0 Å². The summed E-state index contributed by atoms with van der Waals surface area (Å²) in [6, 6.07) is 21.3. The number of carbonyl (C=O) groups excluding carboxylic acids is 3. The molecule has 14 heteroatoms. The molecule has 6 saturated heterocycles. The van der Waals surface area contributed by atoms with Crippen LogP contribution in [-0.4, -0.2) is 45.7 Å². The molecule has 3 aromatic rings. The first-order valence-electron chi connectivity index (χ1n) is 18.4. The smallest absolute Gasteiger partial charge is 0.269 e. The van der Waals surface area contributed by atoms with E-state index in [0.29, 0.717) is 29.8 Å². The van der Waals surface area contributed by atoms with Crippen LogP contribution in [-0.2, 0) is 14.4 Å². The van der Waals surface area contributed by atoms with E-state index in [4.69, 9.17) is 5.73 Å². The monoisotopic (exact) mass is 806 g/mol. The summed E-state index contributed by atoms with van der Waals surface area (Å²) >= 11 is 3.17. The van der Waals surface area contributed by atoms with Crippen LogP contribution in [0.1, 0.15) is 85.9 Å². The highest BCUT2D eigenvalue weighted by atomic mass is 79.9. The first kappa shape index (κ1) is 40.3. The number of nitro groups is 2. The van der Waals surface area contributed by atoms with Crippen molar-refractivity contribution in [2.75, 3.05) is 15.5 Å². The number of hydrogen-bond donors (Lipinski definition) is 2. The number of nitrogens with one attached hydrogen (secondary N) is 1. The molecule has 6 aliphatic heterocycles. The SMILES string of the molecule is C.Nc1ccc(N2C(=O)C3CCC2CC3)cc1.O=C1C2CCC(CC2)N1c1ccc([N+](=O)[O-])cc1.O=C1NC2CCC1CC2.O=[N+]([O-])c1ccc(Br)cc1.[HH]. The van der Waals surface area contributed by atoms with Gasteiger partial charge in [0, 0.05) is 83.1 Å². The predicted octanol–water partition coefficient (Wildman–Crippen LogP) is 8.59. The number of non-ortho nitro benzene ring substituents is 2. The quantitative estimate of drug-likeness (QED) is 0.149. The molecule has 12 rings (SSSR count). The first-order valence-corrected chi connectivity index (χ1v) is 19.2. The second-order valence-electron chi connectivity index (χ2n) is 14.6. The van der Waals surface area contributed by atoms with Gasteiger partial charge in [-0.2, -0.15) is 0 Å². The third-order valence-electron chi connectivity index (χ3n) is 11.3. The summed E-state index contributed by atoms with van der Waals surface area (Å²) in [5, 5.41) is 23.7. The van der Waals surface area contributed by atoms with Gasteiger partial charge in [-0.25, -0.2) is 0 Å². The molecule has 0 radical (unpaired) electrons. The van der Waals surface area contributed by atoms with E-state index < -0.39 is 9.85 Å². The molecule has 0 unspecified atom stereocenters. The van der Waals surface area contributed by atoms with E-state index in [2.05, 4.69) is 21.2 Å². The molecule has 3 saturated carbocycles. The number of piperidine rings is 6. The fraction of sp³-hybridized carbons (Fsp3) is 0.475. The predicted molar refractivity (Wildman–Crippen MR) is 214 cm³/mol. The number of nitrogen functional groups attached to an aromatic ring is 1. The lowest BCUT2D eigenvalue weighted by atomic mass is 9.79. The van der Waals surface area contributed by atoms with Crippen molar-refractivity contribution in [2.24, 2.45) is 17.8 Å². The van der Waals surface area contributed by atoms with Crippen LogP contribution in [0.2, 0.25) is 0 Å². The average Bonchev–Trinajstić information content (AvgIpc) is 3.18. The Bertz CT molecular complexity index is 1790. The summed E-state index contributed by atoms with van der Waals surface area (Å²) < 4.78 is 0.845. The molecule has 6 heterocycles. The molecule has 54 heavy (non-hydrogen) atoms. The Balaban J connectivity index is 0.000000167. The minimum absolute atomic E-state index is 0. The van der Waals surface area contributed by atoms with E-state index in [1.165, 1.54) is 37.1 Å². The van der Waals surface area contributed by atoms with Crippen molar-refractivity contribution in [3.63, 3.8) is 0 Å². The minimum atomic E-state index is -0.424. The van der Waals surface area contributed by atoms with E-state index in [0.717, 1.165) is 85.7 Å². The van der Waals surface area contributed by atoms with Gasteiger partial charge in [0.25, 0.3) is 11.4 Å². The van der Waals surface area contributed by atoms with Gasteiger partial charge in [0.2, 0.25) is 17.7 Å². The topological polar surface area (TPSA) is 182 Å². The lowest BCUT2D eigenvalue weighted by Crippen LogP contribution is -2.52. The normalized spacial score (nSPS) is 25.8. The molecule has 0 atom stereocenters. The molecule has 3 N–H and O–H groups in total. The van der Waals surface area contributed by atoms with Crippen molar-refractivity contribution in [2.45, 2.75) is 103 Å². The number of amides is 3. The molecule has 3 amide bonds. The molecule has 9 aliphatic rings. The van der Waals surface area contributed by atoms with E-state index >= 15 is 0 Å². The van der Waals surface area contributed by atoms with Gasteiger partial charge < -0.3 is 20.9 Å². The molecule has 13 nitrogen and oxygen atoms in total. The number of fused-ring (bicyclic) bond motifs is 9. The highest BCUT2D eigenvalue weighted by Crippen LogP contribution is 2.40. The Morgan fingerprint density at radius 2 is 0.963 bits per heavy atom. The number of carbonyl (C=O) groups is 3. The maximum absolute atomic E-state index is 12.2. The van der Waals surface area contributed by atoms with Crippen molar-refractivity contribution < 1.29 is 25.7 Å². The van der Waals surface area contributed by atoms with Gasteiger partial charge in [0.15, 0.2) is 0 Å². The summed E-state index contributed by atoms with van der Waals surface area (Å²) in [4.78, 5) is 59.0. The van der Waals surface area contributed by atoms with Crippen LogP contribution in [0.25, 0.3) is 0 Å². The van der Waals surface area contributed by atoms with Crippen LogP contribution in [0.4, 0.5) is 28.4 Å². The van der Waals surface area contributed by atoms with Crippen LogP contribution in [0, 0.1) is 38.0 Å². The fourth-order valence-electron chi connectivity index (χ4n) is 8.34. The van der Waals surface area contributed by atoms with Crippen molar-refractivity contribution in [3.05, 3.63) is 97.5 Å². The summed E-state index contributed by atoms with van der Waals surface area (Å²) in [6.45, 7) is 0. The highest BCUT2D eigenvalue weighted by molar-refractivity contribution is 9.10.